The first kappa shape index (κ1) is 13.4. The predicted octanol–water partition coefficient (Wildman–Crippen LogP) is 1.63. The van der Waals surface area contributed by atoms with E-state index in [1.165, 1.54) is 19.3 Å². The third-order valence-corrected chi connectivity index (χ3v) is 2.20. The minimum Gasteiger partial charge on any atom is -0.349 e. The zero-order valence-corrected chi connectivity index (χ0v) is 9.81. The van der Waals surface area contributed by atoms with Crippen molar-refractivity contribution in [2.75, 3.05) is 27.2 Å². The Labute approximate surface area is 87.9 Å². The maximum Gasteiger partial charge on any atom is 0.222 e. The van der Waals surface area contributed by atoms with Gasteiger partial charge >= 0.3 is 0 Å². The average molecular weight is 200 g/mol. The Balaban J connectivity index is 3.10. The molecule has 3 nitrogen and oxygen atoms in total. The van der Waals surface area contributed by atoms with Gasteiger partial charge in [0.2, 0.25) is 5.91 Å². The van der Waals surface area contributed by atoms with Gasteiger partial charge in [0.15, 0.2) is 0 Å². The molecule has 0 unspecified atom stereocenters. The highest BCUT2D eigenvalue weighted by Crippen LogP contribution is 1.93. The highest BCUT2D eigenvalue weighted by atomic mass is 16.2. The van der Waals surface area contributed by atoms with Gasteiger partial charge in [-0.3, -0.25) is 4.79 Å². The first-order valence-corrected chi connectivity index (χ1v) is 5.59. The van der Waals surface area contributed by atoms with E-state index in [0.29, 0.717) is 6.42 Å². The molecule has 0 aliphatic carbocycles. The SMILES string of the molecule is CCCCCNCCCC(=O)N(C)C. The monoisotopic (exact) mass is 200 g/mol. The summed E-state index contributed by atoms with van der Waals surface area (Å²) in [6.45, 7) is 4.25. The highest BCUT2D eigenvalue weighted by Gasteiger charge is 2.01. The minimum atomic E-state index is 0.223. The standard InChI is InChI=1S/C11H24N2O/c1-4-5-6-9-12-10-7-8-11(14)13(2)3/h12H,4-10H2,1-3H3. The van der Waals surface area contributed by atoms with Gasteiger partial charge in [-0.15, -0.1) is 0 Å². The first-order valence-electron chi connectivity index (χ1n) is 5.59. The molecular weight excluding hydrogens is 176 g/mol. The van der Waals surface area contributed by atoms with Crippen LogP contribution in [0, 0.1) is 0 Å². The summed E-state index contributed by atoms with van der Waals surface area (Å²) < 4.78 is 0. The number of amides is 1. The Morgan fingerprint density at radius 2 is 1.79 bits per heavy atom. The normalized spacial score (nSPS) is 10.2. The van der Waals surface area contributed by atoms with Crippen molar-refractivity contribution in [3.8, 4) is 0 Å². The number of rotatable bonds is 8. The van der Waals surface area contributed by atoms with Crippen LogP contribution >= 0.6 is 0 Å². The average Bonchev–Trinajstić information content (AvgIpc) is 2.16. The molecular formula is C11H24N2O. The number of carbonyl (C=O) groups is 1. The van der Waals surface area contributed by atoms with Crippen molar-refractivity contribution >= 4 is 5.91 Å². The fraction of sp³-hybridized carbons (Fsp3) is 0.909. The van der Waals surface area contributed by atoms with Crippen LogP contribution in [0.25, 0.3) is 0 Å². The highest BCUT2D eigenvalue weighted by molar-refractivity contribution is 5.75. The van der Waals surface area contributed by atoms with Gasteiger partial charge in [-0.05, 0) is 25.9 Å². The van der Waals surface area contributed by atoms with Gasteiger partial charge in [0.1, 0.15) is 0 Å². The van der Waals surface area contributed by atoms with Crippen LogP contribution in [-0.4, -0.2) is 38.0 Å². The Hall–Kier alpha value is -0.570. The lowest BCUT2D eigenvalue weighted by Gasteiger charge is -2.09. The number of nitrogens with one attached hydrogen (secondary N) is 1. The topological polar surface area (TPSA) is 32.3 Å². The van der Waals surface area contributed by atoms with Gasteiger partial charge in [0.25, 0.3) is 0 Å². The summed E-state index contributed by atoms with van der Waals surface area (Å²) >= 11 is 0. The zero-order chi connectivity index (χ0) is 10.8. The molecule has 0 spiro atoms. The molecule has 3 heteroatoms. The Morgan fingerprint density at radius 3 is 2.36 bits per heavy atom. The molecule has 0 saturated heterocycles. The molecule has 0 aromatic rings. The molecule has 14 heavy (non-hydrogen) atoms. The fourth-order valence-electron chi connectivity index (χ4n) is 1.21. The summed E-state index contributed by atoms with van der Waals surface area (Å²) in [6, 6.07) is 0. The molecule has 1 N–H and O–H groups in total. The third-order valence-electron chi connectivity index (χ3n) is 2.20. The van der Waals surface area contributed by atoms with Crippen LogP contribution in [0.3, 0.4) is 0 Å². The molecule has 0 aliphatic heterocycles. The van der Waals surface area contributed by atoms with Crippen molar-refractivity contribution in [1.82, 2.24) is 10.2 Å². The predicted molar refractivity (Wildman–Crippen MR) is 60.3 cm³/mol. The molecule has 0 saturated carbocycles. The molecule has 0 heterocycles. The zero-order valence-electron chi connectivity index (χ0n) is 9.81. The summed E-state index contributed by atoms with van der Waals surface area (Å²) in [7, 11) is 3.61. The van der Waals surface area contributed by atoms with Crippen LogP contribution in [-0.2, 0) is 4.79 Å². The molecule has 0 aliphatic rings. The van der Waals surface area contributed by atoms with Crippen molar-refractivity contribution in [3.05, 3.63) is 0 Å². The number of unbranched alkanes of at least 4 members (excludes halogenated alkanes) is 2. The molecule has 0 radical (unpaired) electrons. The van der Waals surface area contributed by atoms with Crippen LogP contribution in [0.2, 0.25) is 0 Å². The van der Waals surface area contributed by atoms with E-state index in [9.17, 15) is 4.79 Å². The van der Waals surface area contributed by atoms with E-state index in [0.717, 1.165) is 19.5 Å². The van der Waals surface area contributed by atoms with Crippen molar-refractivity contribution in [2.24, 2.45) is 0 Å². The van der Waals surface area contributed by atoms with Gasteiger partial charge in [-0.25, -0.2) is 0 Å². The minimum absolute atomic E-state index is 0.223. The smallest absolute Gasteiger partial charge is 0.222 e. The molecule has 0 aromatic heterocycles. The number of hydrogen-bond donors (Lipinski definition) is 1. The molecule has 0 aromatic carbocycles. The second-order valence-corrected chi connectivity index (χ2v) is 3.85. The lowest BCUT2D eigenvalue weighted by Crippen LogP contribution is -2.23. The summed E-state index contributed by atoms with van der Waals surface area (Å²) in [5, 5.41) is 3.34. The second-order valence-electron chi connectivity index (χ2n) is 3.85. The van der Waals surface area contributed by atoms with Crippen molar-refractivity contribution in [3.63, 3.8) is 0 Å². The number of hydrogen-bond acceptors (Lipinski definition) is 2. The summed E-state index contributed by atoms with van der Waals surface area (Å²) in [5.74, 6) is 0.223. The van der Waals surface area contributed by atoms with Crippen LogP contribution < -0.4 is 5.32 Å². The van der Waals surface area contributed by atoms with Gasteiger partial charge in [0.05, 0.1) is 0 Å². The molecule has 0 atom stereocenters. The number of carbonyl (C=O) groups excluding carboxylic acids is 1. The maximum absolute atomic E-state index is 11.2. The second kappa shape index (κ2) is 9.00. The van der Waals surface area contributed by atoms with E-state index in [2.05, 4.69) is 12.2 Å². The van der Waals surface area contributed by atoms with E-state index in [1.54, 1.807) is 19.0 Å². The van der Waals surface area contributed by atoms with E-state index in [-0.39, 0.29) is 5.91 Å². The molecule has 1 amide bonds. The van der Waals surface area contributed by atoms with Crippen LogP contribution in [0.15, 0.2) is 0 Å². The van der Waals surface area contributed by atoms with Crippen molar-refractivity contribution in [2.45, 2.75) is 39.0 Å². The lowest BCUT2D eigenvalue weighted by atomic mass is 10.2. The third kappa shape index (κ3) is 8.05. The lowest BCUT2D eigenvalue weighted by molar-refractivity contribution is -0.128. The summed E-state index contributed by atoms with van der Waals surface area (Å²) in [6.07, 6.45) is 5.42. The molecule has 0 rings (SSSR count). The number of nitrogens with zero attached hydrogens (tertiary/aromatic N) is 1. The van der Waals surface area contributed by atoms with E-state index < -0.39 is 0 Å². The van der Waals surface area contributed by atoms with Crippen molar-refractivity contribution in [1.29, 1.82) is 0 Å². The van der Waals surface area contributed by atoms with Crippen LogP contribution in [0.1, 0.15) is 39.0 Å². The summed E-state index contributed by atoms with van der Waals surface area (Å²) in [5.41, 5.74) is 0. The maximum atomic E-state index is 11.2. The Bertz CT molecular complexity index is 146. The Morgan fingerprint density at radius 1 is 1.14 bits per heavy atom. The van der Waals surface area contributed by atoms with Gasteiger partial charge < -0.3 is 10.2 Å². The van der Waals surface area contributed by atoms with E-state index in [4.69, 9.17) is 0 Å². The van der Waals surface area contributed by atoms with Gasteiger partial charge in [-0.1, -0.05) is 19.8 Å². The first-order chi connectivity index (χ1) is 6.68. The van der Waals surface area contributed by atoms with Crippen LogP contribution in [0.5, 0.6) is 0 Å². The van der Waals surface area contributed by atoms with E-state index in [1.807, 2.05) is 0 Å². The largest absolute Gasteiger partial charge is 0.349 e. The fourth-order valence-corrected chi connectivity index (χ4v) is 1.21. The quantitative estimate of drug-likeness (QED) is 0.604. The molecule has 84 valence electrons. The van der Waals surface area contributed by atoms with Crippen LogP contribution in [0.4, 0.5) is 0 Å². The molecule has 0 bridgehead atoms. The van der Waals surface area contributed by atoms with Gasteiger partial charge in [-0.2, -0.15) is 0 Å². The Kier molecular flexibility index (Phi) is 8.64. The molecule has 0 fully saturated rings. The van der Waals surface area contributed by atoms with E-state index >= 15 is 0 Å². The van der Waals surface area contributed by atoms with Gasteiger partial charge in [0, 0.05) is 20.5 Å². The van der Waals surface area contributed by atoms with Crippen molar-refractivity contribution < 1.29 is 4.79 Å². The summed E-state index contributed by atoms with van der Waals surface area (Å²) in [4.78, 5) is 12.8.